The fourth-order valence-electron chi connectivity index (χ4n) is 5.52. The third kappa shape index (κ3) is 10.1. The lowest BCUT2D eigenvalue weighted by Crippen LogP contribution is -2.50. The number of sulfone groups is 2. The zero-order valence-corrected chi connectivity index (χ0v) is 28.2. The Hall–Kier alpha value is -3.81. The second kappa shape index (κ2) is 14.5. The summed E-state index contributed by atoms with van der Waals surface area (Å²) in [5, 5.41) is 6.02. The molecule has 256 valence electrons. The molecule has 4 rings (SSSR count). The van der Waals surface area contributed by atoms with E-state index in [9.17, 15) is 34.8 Å². The van der Waals surface area contributed by atoms with Crippen molar-refractivity contribution in [3.63, 3.8) is 0 Å². The Balaban J connectivity index is 1.55. The molecule has 47 heavy (non-hydrogen) atoms. The van der Waals surface area contributed by atoms with Gasteiger partial charge in [-0.1, -0.05) is 18.8 Å². The SMILES string of the molecule is COc1ccc(S(C)(=O)=O)cc1NCC#Cc1cc(C(=O)N[C@H]2CCN(CCCS(C)(=O)=O)C[C@@H]2C)c2ncn(CC(F)(F)F)c2c1. The number of alkyl halides is 3. The summed E-state index contributed by atoms with van der Waals surface area (Å²) in [5.41, 5.74) is 0.983. The molecule has 0 radical (unpaired) electrons. The molecule has 1 amide bonds. The number of nitrogens with one attached hydrogen (secondary N) is 2. The number of hydrogen-bond acceptors (Lipinski definition) is 9. The van der Waals surface area contributed by atoms with Gasteiger partial charge >= 0.3 is 6.18 Å². The minimum absolute atomic E-state index is 0.0330. The predicted octanol–water partition coefficient (Wildman–Crippen LogP) is 3.35. The number of halogens is 3. The Morgan fingerprint density at radius 1 is 1.15 bits per heavy atom. The third-order valence-corrected chi connectivity index (χ3v) is 9.95. The van der Waals surface area contributed by atoms with Gasteiger partial charge in [0.25, 0.3) is 5.91 Å². The molecule has 3 aromatic rings. The fourth-order valence-corrected chi connectivity index (χ4v) is 6.82. The molecule has 1 aromatic heterocycles. The van der Waals surface area contributed by atoms with E-state index in [-0.39, 0.29) is 45.7 Å². The van der Waals surface area contributed by atoms with Gasteiger partial charge in [-0.25, -0.2) is 21.8 Å². The number of benzene rings is 2. The molecule has 11 nitrogen and oxygen atoms in total. The number of imidazole rings is 1. The largest absolute Gasteiger partial charge is 0.495 e. The quantitative estimate of drug-likeness (QED) is 0.289. The summed E-state index contributed by atoms with van der Waals surface area (Å²) in [6, 6.07) is 7.07. The summed E-state index contributed by atoms with van der Waals surface area (Å²) in [4.78, 5) is 20.0. The van der Waals surface area contributed by atoms with Gasteiger partial charge in [0, 0.05) is 37.2 Å². The van der Waals surface area contributed by atoms with Crippen LogP contribution in [-0.4, -0.2) is 101 Å². The van der Waals surface area contributed by atoms with Crippen LogP contribution < -0.4 is 15.4 Å². The molecule has 0 spiro atoms. The van der Waals surface area contributed by atoms with E-state index in [1.165, 1.54) is 43.7 Å². The lowest BCUT2D eigenvalue weighted by atomic mass is 9.93. The van der Waals surface area contributed by atoms with Crippen LogP contribution in [-0.2, 0) is 26.2 Å². The molecule has 1 aliphatic heterocycles. The minimum atomic E-state index is -4.52. The van der Waals surface area contributed by atoms with Gasteiger partial charge in [-0.2, -0.15) is 13.2 Å². The van der Waals surface area contributed by atoms with Crippen molar-refractivity contribution in [1.82, 2.24) is 19.8 Å². The van der Waals surface area contributed by atoms with E-state index in [1.807, 2.05) is 6.92 Å². The van der Waals surface area contributed by atoms with Crippen molar-refractivity contribution < 1.29 is 39.5 Å². The molecule has 1 fully saturated rings. The van der Waals surface area contributed by atoms with Crippen molar-refractivity contribution in [2.75, 3.05) is 56.9 Å². The average Bonchev–Trinajstić information content (AvgIpc) is 3.35. The van der Waals surface area contributed by atoms with Crippen LogP contribution in [0.1, 0.15) is 35.7 Å². The highest BCUT2D eigenvalue weighted by Gasteiger charge is 2.31. The molecular weight excluding hydrogens is 659 g/mol. The van der Waals surface area contributed by atoms with E-state index < -0.39 is 38.3 Å². The molecule has 2 atom stereocenters. The number of rotatable bonds is 11. The Labute approximate surface area is 272 Å². The van der Waals surface area contributed by atoms with Crippen molar-refractivity contribution in [3.05, 3.63) is 47.8 Å². The fraction of sp³-hybridized carbons (Fsp3) is 0.484. The Morgan fingerprint density at radius 3 is 2.53 bits per heavy atom. The maximum Gasteiger partial charge on any atom is 0.406 e. The van der Waals surface area contributed by atoms with Crippen LogP contribution in [0.15, 0.2) is 41.6 Å². The monoisotopic (exact) mass is 697 g/mol. The highest BCUT2D eigenvalue weighted by atomic mass is 32.2. The number of carbonyl (C=O) groups is 1. The molecular formula is C31H38F3N5O6S2. The van der Waals surface area contributed by atoms with Crippen molar-refractivity contribution in [3.8, 4) is 17.6 Å². The summed E-state index contributed by atoms with van der Waals surface area (Å²) in [6.45, 7) is 2.66. The summed E-state index contributed by atoms with van der Waals surface area (Å²) < 4.78 is 93.2. The van der Waals surface area contributed by atoms with E-state index >= 15 is 0 Å². The van der Waals surface area contributed by atoms with Crippen LogP contribution in [0.5, 0.6) is 5.75 Å². The first kappa shape index (κ1) is 36.0. The molecule has 1 saturated heterocycles. The number of hydrogen-bond donors (Lipinski definition) is 2. The van der Waals surface area contributed by atoms with E-state index in [0.717, 1.165) is 17.2 Å². The van der Waals surface area contributed by atoms with E-state index in [1.54, 1.807) is 0 Å². The smallest absolute Gasteiger partial charge is 0.406 e. The second-order valence-corrected chi connectivity index (χ2v) is 16.1. The molecule has 16 heteroatoms. The van der Waals surface area contributed by atoms with Crippen LogP contribution in [0, 0.1) is 17.8 Å². The maximum absolute atomic E-state index is 13.6. The van der Waals surface area contributed by atoms with Gasteiger partial charge in [-0.3, -0.25) is 4.79 Å². The summed E-state index contributed by atoms with van der Waals surface area (Å²) in [6.07, 6.45) is -0.0474. The number of carbonyl (C=O) groups excluding carboxylic acids is 1. The van der Waals surface area contributed by atoms with E-state index in [4.69, 9.17) is 4.74 Å². The first-order valence-electron chi connectivity index (χ1n) is 14.8. The van der Waals surface area contributed by atoms with Crippen molar-refractivity contribution >= 4 is 42.3 Å². The third-order valence-electron chi connectivity index (χ3n) is 7.81. The van der Waals surface area contributed by atoms with Gasteiger partial charge in [0.05, 0.1) is 47.4 Å². The van der Waals surface area contributed by atoms with Crippen LogP contribution in [0.3, 0.4) is 0 Å². The predicted molar refractivity (Wildman–Crippen MR) is 173 cm³/mol. The molecule has 0 bridgehead atoms. The number of methoxy groups -OCH3 is 1. The first-order valence-corrected chi connectivity index (χ1v) is 18.8. The van der Waals surface area contributed by atoms with Gasteiger partial charge in [0.15, 0.2) is 9.84 Å². The van der Waals surface area contributed by atoms with Gasteiger partial charge in [-0.15, -0.1) is 0 Å². The van der Waals surface area contributed by atoms with Gasteiger partial charge < -0.3 is 24.8 Å². The normalized spacial score (nSPS) is 17.6. The number of nitrogens with zero attached hydrogens (tertiary/aromatic N) is 3. The highest BCUT2D eigenvalue weighted by molar-refractivity contribution is 7.91. The van der Waals surface area contributed by atoms with Crippen molar-refractivity contribution in [1.29, 1.82) is 0 Å². The van der Waals surface area contributed by atoms with Crippen LogP contribution >= 0.6 is 0 Å². The number of amides is 1. The van der Waals surface area contributed by atoms with Crippen molar-refractivity contribution in [2.24, 2.45) is 5.92 Å². The second-order valence-electron chi connectivity index (χ2n) is 11.8. The maximum atomic E-state index is 13.6. The van der Waals surface area contributed by atoms with Gasteiger partial charge in [0.1, 0.15) is 27.6 Å². The minimum Gasteiger partial charge on any atom is -0.495 e. The Bertz CT molecular complexity index is 1900. The van der Waals surface area contributed by atoms with E-state index in [2.05, 4.69) is 32.4 Å². The van der Waals surface area contributed by atoms with Crippen molar-refractivity contribution in [2.45, 2.75) is 43.4 Å². The summed E-state index contributed by atoms with van der Waals surface area (Å²) >= 11 is 0. The molecule has 2 aromatic carbocycles. The zero-order valence-electron chi connectivity index (χ0n) is 26.5. The molecule has 2 N–H and O–H groups in total. The molecule has 1 aliphatic rings. The van der Waals surface area contributed by atoms with Gasteiger partial charge in [0.2, 0.25) is 0 Å². The van der Waals surface area contributed by atoms with E-state index in [0.29, 0.717) is 49.5 Å². The highest BCUT2D eigenvalue weighted by Crippen LogP contribution is 2.28. The van der Waals surface area contributed by atoms with Crippen LogP contribution in [0.4, 0.5) is 18.9 Å². The van der Waals surface area contributed by atoms with Crippen LogP contribution in [0.25, 0.3) is 11.0 Å². The summed E-state index contributed by atoms with van der Waals surface area (Å²) in [7, 11) is -5.09. The average molecular weight is 698 g/mol. The topological polar surface area (TPSA) is 140 Å². The molecule has 0 unspecified atom stereocenters. The molecule has 0 aliphatic carbocycles. The summed E-state index contributed by atoms with van der Waals surface area (Å²) in [5.74, 6) is 5.82. The number of anilines is 1. The van der Waals surface area contributed by atoms with Gasteiger partial charge in [-0.05, 0) is 55.6 Å². The molecule has 0 saturated carbocycles. The Kier molecular flexibility index (Phi) is 11.1. The molecule has 2 heterocycles. The van der Waals surface area contributed by atoms with Crippen LogP contribution in [0.2, 0.25) is 0 Å². The first-order chi connectivity index (χ1) is 21.9. The lowest BCUT2D eigenvalue weighted by molar-refractivity contribution is -0.140. The zero-order chi connectivity index (χ0) is 34.6. The number of likely N-dealkylation sites (tertiary alicyclic amines) is 1. The number of fused-ring (bicyclic) bond motifs is 1. The standard InChI is InChI=1S/C31H38F3N5O6S2/c1-21-18-38(12-6-14-46(3,41)42)13-10-25(21)37-30(40)24-15-22(16-27-29(24)36-20-39(27)19-31(32,33)34)7-5-11-35-26-17-23(47(4,43)44)8-9-28(26)45-2/h8-9,15-17,20-21,25,35H,6,10-14,18-19H2,1-4H3,(H,37,40)/t21-,25-/m0/s1. The lowest BCUT2D eigenvalue weighted by Gasteiger charge is -2.37. The number of piperidine rings is 1. The Morgan fingerprint density at radius 2 is 1.89 bits per heavy atom. The number of ether oxygens (including phenoxy) is 1. The number of aromatic nitrogens is 2.